The molecule has 4 fully saturated rings. The molecule has 0 bridgehead atoms. The lowest BCUT2D eigenvalue weighted by molar-refractivity contribution is -0.218. The monoisotopic (exact) mass is 436 g/mol. The maximum Gasteiger partial charge on any atom is 0.0633 e. The molecule has 4 rings (SSSR count). The summed E-state index contributed by atoms with van der Waals surface area (Å²) >= 11 is 0. The maximum atomic E-state index is 9.40. The predicted octanol–water partition coefficient (Wildman–Crippen LogP) is 5.32. The van der Waals surface area contributed by atoms with Crippen molar-refractivity contribution in [3.05, 3.63) is 0 Å². The molecular formula is C27H48O4. The fraction of sp³-hybridized carbons (Fsp3) is 1.00. The zero-order valence-corrected chi connectivity index (χ0v) is 20.9. The van der Waals surface area contributed by atoms with Crippen LogP contribution in [0.15, 0.2) is 0 Å². The van der Waals surface area contributed by atoms with Crippen LogP contribution in [0, 0.1) is 46.3 Å². The molecule has 3 unspecified atom stereocenters. The van der Waals surface area contributed by atoms with Crippen LogP contribution in [0.2, 0.25) is 0 Å². The molecule has 4 aliphatic rings. The summed E-state index contributed by atoms with van der Waals surface area (Å²) in [6.45, 7) is 7.88. The van der Waals surface area contributed by atoms with Crippen molar-refractivity contribution < 1.29 is 19.3 Å². The van der Waals surface area contributed by atoms with Gasteiger partial charge in [-0.3, -0.25) is 0 Å². The van der Waals surface area contributed by atoms with Gasteiger partial charge in [0.1, 0.15) is 0 Å². The Hall–Kier alpha value is -0.160. The summed E-state index contributed by atoms with van der Waals surface area (Å²) < 4.78 is 18.5. The minimum atomic E-state index is 0.217. The summed E-state index contributed by atoms with van der Waals surface area (Å²) in [5, 5.41) is 9.40. The number of rotatable bonds is 7. The van der Waals surface area contributed by atoms with E-state index in [9.17, 15) is 5.11 Å². The van der Waals surface area contributed by atoms with E-state index in [2.05, 4.69) is 20.8 Å². The Balaban J connectivity index is 1.66. The van der Waals surface area contributed by atoms with Crippen LogP contribution in [-0.2, 0) is 14.2 Å². The molecule has 0 heterocycles. The number of hydrogen-bond acceptors (Lipinski definition) is 4. The highest BCUT2D eigenvalue weighted by molar-refractivity contribution is 5.15. The normalized spacial score (nSPS) is 50.4. The number of aliphatic hydroxyl groups excluding tert-OH is 1. The lowest BCUT2D eigenvalue weighted by Crippen LogP contribution is -2.63. The van der Waals surface area contributed by atoms with Crippen LogP contribution in [0.1, 0.15) is 78.6 Å². The van der Waals surface area contributed by atoms with Crippen LogP contribution in [0.5, 0.6) is 0 Å². The van der Waals surface area contributed by atoms with E-state index in [1.807, 2.05) is 21.3 Å². The summed E-state index contributed by atoms with van der Waals surface area (Å²) in [6.07, 6.45) is 11.8. The van der Waals surface area contributed by atoms with Gasteiger partial charge in [0.2, 0.25) is 0 Å². The molecular weight excluding hydrogens is 388 g/mol. The van der Waals surface area contributed by atoms with Gasteiger partial charge in [0, 0.05) is 33.4 Å². The van der Waals surface area contributed by atoms with Crippen molar-refractivity contribution in [1.29, 1.82) is 0 Å². The second kappa shape index (κ2) is 9.24. The molecule has 4 saturated carbocycles. The van der Waals surface area contributed by atoms with Crippen LogP contribution < -0.4 is 0 Å². The van der Waals surface area contributed by atoms with Gasteiger partial charge in [0.05, 0.1) is 18.3 Å². The molecule has 4 heteroatoms. The molecule has 0 aromatic rings. The Morgan fingerprint density at radius 2 is 1.71 bits per heavy atom. The van der Waals surface area contributed by atoms with Crippen molar-refractivity contribution in [1.82, 2.24) is 0 Å². The van der Waals surface area contributed by atoms with Crippen molar-refractivity contribution in [2.24, 2.45) is 46.3 Å². The van der Waals surface area contributed by atoms with E-state index in [4.69, 9.17) is 14.2 Å². The fourth-order valence-electron chi connectivity index (χ4n) is 9.49. The Morgan fingerprint density at radius 3 is 2.35 bits per heavy atom. The number of ether oxygens (including phenoxy) is 3. The molecule has 0 aliphatic heterocycles. The van der Waals surface area contributed by atoms with Gasteiger partial charge in [-0.15, -0.1) is 0 Å². The summed E-state index contributed by atoms with van der Waals surface area (Å²) in [5.41, 5.74) is 0.599. The largest absolute Gasteiger partial charge is 0.396 e. The SMILES string of the molecule is COC1CC2C[C@H](OC)CC[C@]2(C)[C@H]2C[C@H](OC)[C@]3(C)[C@@H]([C@H](C)CCCO)CC[C@H]3C12. The second-order valence-electron chi connectivity index (χ2n) is 12.0. The molecule has 0 aromatic carbocycles. The molecule has 0 saturated heterocycles. The van der Waals surface area contributed by atoms with Crippen LogP contribution in [0.3, 0.4) is 0 Å². The van der Waals surface area contributed by atoms with Gasteiger partial charge in [-0.1, -0.05) is 20.8 Å². The number of hydrogen-bond donors (Lipinski definition) is 1. The third kappa shape index (κ3) is 3.72. The molecule has 0 aromatic heterocycles. The molecule has 1 N–H and O–H groups in total. The standard InChI is InChI=1S/C27H48O4/c1-17(8-7-13-28)20-9-10-21-25-22(16-24(31-6)27(20,21)3)26(2)12-11-19(29-4)14-18(26)15-23(25)30-5/h17-25,28H,7-16H2,1-6H3/t17-,18?,19-,20-,21+,22+,23?,24+,25?,26+,27-/m1/s1. The zero-order valence-electron chi connectivity index (χ0n) is 20.9. The lowest BCUT2D eigenvalue weighted by Gasteiger charge is -2.64. The van der Waals surface area contributed by atoms with Crippen LogP contribution in [0.25, 0.3) is 0 Å². The van der Waals surface area contributed by atoms with Crippen molar-refractivity contribution in [2.45, 2.75) is 96.9 Å². The Morgan fingerprint density at radius 1 is 0.935 bits per heavy atom. The van der Waals surface area contributed by atoms with Crippen LogP contribution >= 0.6 is 0 Å². The molecule has 4 nitrogen and oxygen atoms in total. The topological polar surface area (TPSA) is 47.9 Å². The second-order valence-corrected chi connectivity index (χ2v) is 12.0. The van der Waals surface area contributed by atoms with Gasteiger partial charge in [0.25, 0.3) is 0 Å². The molecule has 0 amide bonds. The first-order valence-corrected chi connectivity index (χ1v) is 13.0. The van der Waals surface area contributed by atoms with Gasteiger partial charge in [0.15, 0.2) is 0 Å². The predicted molar refractivity (Wildman–Crippen MR) is 124 cm³/mol. The molecule has 4 aliphatic carbocycles. The Kier molecular flexibility index (Phi) is 7.14. The van der Waals surface area contributed by atoms with Gasteiger partial charge in [-0.2, -0.15) is 0 Å². The van der Waals surface area contributed by atoms with Crippen molar-refractivity contribution in [3.63, 3.8) is 0 Å². The quantitative estimate of drug-likeness (QED) is 0.587. The fourth-order valence-corrected chi connectivity index (χ4v) is 9.49. The molecule has 180 valence electrons. The number of aliphatic hydroxyl groups is 1. The Labute approximate surface area is 190 Å². The first kappa shape index (κ1) is 24.0. The molecule has 11 atom stereocenters. The van der Waals surface area contributed by atoms with Crippen molar-refractivity contribution >= 4 is 0 Å². The smallest absolute Gasteiger partial charge is 0.0633 e. The van der Waals surface area contributed by atoms with E-state index in [0.717, 1.165) is 12.8 Å². The lowest BCUT2D eigenvalue weighted by atomic mass is 9.43. The first-order chi connectivity index (χ1) is 14.8. The van der Waals surface area contributed by atoms with Gasteiger partial charge < -0.3 is 19.3 Å². The third-order valence-corrected chi connectivity index (χ3v) is 11.2. The summed E-state index contributed by atoms with van der Waals surface area (Å²) in [7, 11) is 5.80. The van der Waals surface area contributed by atoms with E-state index in [1.165, 1.54) is 44.9 Å². The average Bonchev–Trinajstić information content (AvgIpc) is 3.13. The number of fused-ring (bicyclic) bond motifs is 5. The maximum absolute atomic E-state index is 9.40. The van der Waals surface area contributed by atoms with Gasteiger partial charge in [-0.05, 0) is 98.7 Å². The van der Waals surface area contributed by atoms with Crippen LogP contribution in [-0.4, -0.2) is 51.4 Å². The van der Waals surface area contributed by atoms with Gasteiger partial charge >= 0.3 is 0 Å². The highest BCUT2D eigenvalue weighted by Gasteiger charge is 2.66. The summed E-state index contributed by atoms with van der Waals surface area (Å²) in [4.78, 5) is 0. The molecule has 31 heavy (non-hydrogen) atoms. The minimum absolute atomic E-state index is 0.217. The molecule has 0 radical (unpaired) electrons. The van der Waals surface area contributed by atoms with E-state index >= 15 is 0 Å². The van der Waals surface area contributed by atoms with E-state index < -0.39 is 0 Å². The first-order valence-electron chi connectivity index (χ1n) is 13.0. The average molecular weight is 437 g/mol. The van der Waals surface area contributed by atoms with Crippen molar-refractivity contribution in [2.75, 3.05) is 27.9 Å². The van der Waals surface area contributed by atoms with Crippen molar-refractivity contribution in [3.8, 4) is 0 Å². The Bertz CT molecular complexity index is 610. The zero-order chi connectivity index (χ0) is 22.4. The van der Waals surface area contributed by atoms with Crippen LogP contribution in [0.4, 0.5) is 0 Å². The number of methoxy groups -OCH3 is 3. The third-order valence-electron chi connectivity index (χ3n) is 11.2. The van der Waals surface area contributed by atoms with Gasteiger partial charge in [-0.25, -0.2) is 0 Å². The van der Waals surface area contributed by atoms with E-state index in [1.54, 1.807) is 0 Å². The summed E-state index contributed by atoms with van der Waals surface area (Å²) in [6, 6.07) is 0. The van der Waals surface area contributed by atoms with E-state index in [-0.39, 0.29) is 5.41 Å². The molecule has 0 spiro atoms. The summed E-state index contributed by atoms with van der Waals surface area (Å²) in [5.74, 6) is 4.03. The highest BCUT2D eigenvalue weighted by Crippen LogP contribution is 2.69. The minimum Gasteiger partial charge on any atom is -0.396 e. The van der Waals surface area contributed by atoms with E-state index in [0.29, 0.717) is 65.8 Å². The highest BCUT2D eigenvalue weighted by atomic mass is 16.5.